The number of ether oxygens (including phenoxy) is 1. The molecule has 0 unspecified atom stereocenters. The summed E-state index contributed by atoms with van der Waals surface area (Å²) in [5.74, 6) is 0.393. The van der Waals surface area contributed by atoms with E-state index in [0.717, 1.165) is 24.2 Å². The molecule has 3 rings (SSSR count). The van der Waals surface area contributed by atoms with Crippen LogP contribution in [0, 0.1) is 0 Å². The van der Waals surface area contributed by atoms with Crippen molar-refractivity contribution < 1.29 is 18.8 Å². The molecule has 2 saturated heterocycles. The van der Waals surface area contributed by atoms with E-state index in [9.17, 15) is 4.79 Å². The zero-order chi connectivity index (χ0) is 23.2. The second-order valence-corrected chi connectivity index (χ2v) is 11.1. The Morgan fingerprint density at radius 1 is 1.00 bits per heavy atom. The maximum absolute atomic E-state index is 12.4. The van der Waals surface area contributed by atoms with Gasteiger partial charge in [-0.3, -0.25) is 0 Å². The molecule has 0 aromatic heterocycles. The third kappa shape index (κ3) is 5.37. The summed E-state index contributed by atoms with van der Waals surface area (Å²) in [6.45, 7) is 21.2. The van der Waals surface area contributed by atoms with Gasteiger partial charge in [0, 0.05) is 31.9 Å². The third-order valence-corrected chi connectivity index (χ3v) is 6.45. The summed E-state index contributed by atoms with van der Waals surface area (Å²) in [6.07, 6.45) is -0.235. The van der Waals surface area contributed by atoms with Crippen LogP contribution in [0.2, 0.25) is 0 Å². The highest BCUT2D eigenvalue weighted by Crippen LogP contribution is 2.37. The van der Waals surface area contributed by atoms with Gasteiger partial charge in [0.25, 0.3) is 0 Å². The fourth-order valence-corrected chi connectivity index (χ4v) is 3.76. The molecule has 0 saturated carbocycles. The van der Waals surface area contributed by atoms with Crippen molar-refractivity contribution in [3.63, 3.8) is 0 Å². The van der Waals surface area contributed by atoms with Gasteiger partial charge in [-0.05, 0) is 77.5 Å². The predicted octanol–water partition coefficient (Wildman–Crippen LogP) is 4.17. The summed E-state index contributed by atoms with van der Waals surface area (Å²) >= 11 is 0. The highest BCUT2D eigenvalue weighted by Gasteiger charge is 2.51. The van der Waals surface area contributed by atoms with Gasteiger partial charge in [0.1, 0.15) is 5.60 Å². The zero-order valence-electron chi connectivity index (χ0n) is 20.7. The fourth-order valence-electron chi connectivity index (χ4n) is 3.76. The first kappa shape index (κ1) is 23.9. The lowest BCUT2D eigenvalue weighted by molar-refractivity contribution is 0.00578. The number of amides is 1. The third-order valence-electron chi connectivity index (χ3n) is 6.45. The van der Waals surface area contributed by atoms with Crippen LogP contribution < -0.4 is 10.4 Å². The molecule has 1 aromatic carbocycles. The molecule has 0 atom stereocenters. The van der Waals surface area contributed by atoms with E-state index >= 15 is 0 Å². The summed E-state index contributed by atoms with van der Waals surface area (Å²) in [4.78, 5) is 16.5. The lowest BCUT2D eigenvalue weighted by atomic mass is 9.77. The Kier molecular flexibility index (Phi) is 6.42. The Bertz CT molecular complexity index is 792. The van der Waals surface area contributed by atoms with Crippen LogP contribution in [0.1, 0.15) is 73.8 Å². The maximum atomic E-state index is 12.4. The van der Waals surface area contributed by atoms with Gasteiger partial charge in [-0.1, -0.05) is 19.9 Å². The SMILES string of the molecule is CC(C)c1cc(B2OC(C)(C)C(C)(C)O2)cc(N2CCN(C(=O)OC(C)(C)C)CC2)c1. The molecule has 0 radical (unpaired) electrons. The second-order valence-electron chi connectivity index (χ2n) is 11.1. The van der Waals surface area contributed by atoms with Crippen molar-refractivity contribution in [2.24, 2.45) is 0 Å². The minimum atomic E-state index is -0.475. The number of carbonyl (C=O) groups is 1. The number of rotatable bonds is 3. The van der Waals surface area contributed by atoms with Crippen molar-refractivity contribution in [2.75, 3.05) is 31.1 Å². The van der Waals surface area contributed by atoms with Crippen LogP contribution in [-0.2, 0) is 14.0 Å². The number of hydrogen-bond donors (Lipinski definition) is 0. The normalized spacial score (nSPS) is 21.0. The fraction of sp³-hybridized carbons (Fsp3) is 0.708. The summed E-state index contributed by atoms with van der Waals surface area (Å²) in [7, 11) is -0.384. The molecular formula is C24H39BN2O4. The highest BCUT2D eigenvalue weighted by atomic mass is 16.7. The molecule has 2 aliphatic heterocycles. The molecule has 7 heteroatoms. The monoisotopic (exact) mass is 430 g/mol. The van der Waals surface area contributed by atoms with Gasteiger partial charge >= 0.3 is 13.2 Å². The van der Waals surface area contributed by atoms with E-state index < -0.39 is 5.60 Å². The minimum Gasteiger partial charge on any atom is -0.444 e. The molecule has 0 spiro atoms. The molecule has 2 aliphatic rings. The first-order chi connectivity index (χ1) is 14.2. The summed E-state index contributed by atoms with van der Waals surface area (Å²) in [5.41, 5.74) is 2.25. The standard InChI is InChI=1S/C24H39BN2O4/c1-17(2)18-14-19(25-30-23(6,7)24(8,9)31-25)16-20(15-18)26-10-12-27(13-11-26)21(28)29-22(3,4)5/h14-17H,10-13H2,1-9H3. The average Bonchev–Trinajstić information content (AvgIpc) is 2.87. The maximum Gasteiger partial charge on any atom is 0.494 e. The number of hydrogen-bond acceptors (Lipinski definition) is 5. The largest absolute Gasteiger partial charge is 0.494 e. The number of benzene rings is 1. The van der Waals surface area contributed by atoms with Crippen LogP contribution in [0.3, 0.4) is 0 Å². The van der Waals surface area contributed by atoms with Gasteiger partial charge in [-0.15, -0.1) is 0 Å². The second kappa shape index (κ2) is 8.32. The molecule has 1 aromatic rings. The van der Waals surface area contributed by atoms with Gasteiger partial charge in [-0.25, -0.2) is 4.79 Å². The molecular weight excluding hydrogens is 391 g/mol. The molecule has 1 amide bonds. The van der Waals surface area contributed by atoms with Crippen molar-refractivity contribution in [2.45, 2.75) is 85.0 Å². The van der Waals surface area contributed by atoms with Crippen LogP contribution in [0.4, 0.5) is 10.5 Å². The van der Waals surface area contributed by atoms with Gasteiger partial charge < -0.3 is 23.8 Å². The summed E-state index contributed by atoms with van der Waals surface area (Å²) in [6, 6.07) is 6.63. The Hall–Kier alpha value is -1.73. The molecule has 0 aliphatic carbocycles. The summed E-state index contributed by atoms with van der Waals surface area (Å²) < 4.78 is 18.2. The number of carbonyl (C=O) groups excluding carboxylic acids is 1. The lowest BCUT2D eigenvalue weighted by Crippen LogP contribution is -2.50. The molecule has 2 fully saturated rings. The quantitative estimate of drug-likeness (QED) is 0.674. The van der Waals surface area contributed by atoms with E-state index in [1.54, 1.807) is 4.90 Å². The Labute approximate surface area is 188 Å². The molecule has 31 heavy (non-hydrogen) atoms. The Morgan fingerprint density at radius 3 is 2.03 bits per heavy atom. The van der Waals surface area contributed by atoms with Crippen LogP contribution in [0.25, 0.3) is 0 Å². The highest BCUT2D eigenvalue weighted by molar-refractivity contribution is 6.62. The lowest BCUT2D eigenvalue weighted by Gasteiger charge is -2.37. The van der Waals surface area contributed by atoms with E-state index in [4.69, 9.17) is 14.0 Å². The van der Waals surface area contributed by atoms with Crippen molar-refractivity contribution in [1.29, 1.82) is 0 Å². The van der Waals surface area contributed by atoms with E-state index in [2.05, 4.69) is 64.6 Å². The van der Waals surface area contributed by atoms with Gasteiger partial charge in [0.2, 0.25) is 0 Å². The smallest absolute Gasteiger partial charge is 0.444 e. The number of anilines is 1. The molecule has 0 N–H and O–H groups in total. The Morgan fingerprint density at radius 2 is 1.55 bits per heavy atom. The first-order valence-corrected chi connectivity index (χ1v) is 11.4. The topological polar surface area (TPSA) is 51.2 Å². The van der Waals surface area contributed by atoms with Gasteiger partial charge in [0.15, 0.2) is 0 Å². The molecule has 2 heterocycles. The van der Waals surface area contributed by atoms with Crippen molar-refractivity contribution in [3.05, 3.63) is 23.8 Å². The number of nitrogens with zero attached hydrogens (tertiary/aromatic N) is 2. The van der Waals surface area contributed by atoms with Crippen LogP contribution in [0.5, 0.6) is 0 Å². The van der Waals surface area contributed by atoms with Crippen molar-refractivity contribution in [1.82, 2.24) is 4.90 Å². The van der Waals surface area contributed by atoms with Crippen LogP contribution in [0.15, 0.2) is 18.2 Å². The predicted molar refractivity (Wildman–Crippen MR) is 126 cm³/mol. The summed E-state index contributed by atoms with van der Waals surface area (Å²) in [5, 5.41) is 0. The molecule has 0 bridgehead atoms. The van der Waals surface area contributed by atoms with E-state index in [1.165, 1.54) is 5.56 Å². The zero-order valence-corrected chi connectivity index (χ0v) is 20.7. The number of piperazine rings is 1. The van der Waals surface area contributed by atoms with Gasteiger partial charge in [0.05, 0.1) is 11.2 Å². The molecule has 6 nitrogen and oxygen atoms in total. The van der Waals surface area contributed by atoms with Crippen LogP contribution in [-0.4, -0.2) is 61.1 Å². The van der Waals surface area contributed by atoms with E-state index in [1.807, 2.05) is 20.8 Å². The van der Waals surface area contributed by atoms with Gasteiger partial charge in [-0.2, -0.15) is 0 Å². The minimum absolute atomic E-state index is 0.235. The van der Waals surface area contributed by atoms with Crippen molar-refractivity contribution in [3.8, 4) is 0 Å². The van der Waals surface area contributed by atoms with Crippen molar-refractivity contribution >= 4 is 24.4 Å². The van der Waals surface area contributed by atoms with Crippen LogP contribution >= 0.6 is 0 Å². The average molecular weight is 430 g/mol. The van der Waals surface area contributed by atoms with E-state index in [0.29, 0.717) is 19.0 Å². The molecule has 172 valence electrons. The Balaban J connectivity index is 1.78. The van der Waals surface area contributed by atoms with E-state index in [-0.39, 0.29) is 24.4 Å². The first-order valence-electron chi connectivity index (χ1n) is 11.4.